The predicted molar refractivity (Wildman–Crippen MR) is 102 cm³/mol. The molecular formula is C20H25N3O2. The highest BCUT2D eigenvalue weighted by atomic mass is 16.2. The van der Waals surface area contributed by atoms with Crippen molar-refractivity contribution in [1.82, 2.24) is 5.32 Å². The van der Waals surface area contributed by atoms with Crippen molar-refractivity contribution in [3.05, 3.63) is 59.7 Å². The summed E-state index contributed by atoms with van der Waals surface area (Å²) < 4.78 is 0. The van der Waals surface area contributed by atoms with Crippen molar-refractivity contribution in [2.75, 3.05) is 17.2 Å². The molecule has 0 fully saturated rings. The van der Waals surface area contributed by atoms with E-state index in [0.29, 0.717) is 0 Å². The number of carbonyl (C=O) groups is 2. The average molecular weight is 339 g/mol. The molecular weight excluding hydrogens is 314 g/mol. The van der Waals surface area contributed by atoms with Crippen LogP contribution < -0.4 is 16.0 Å². The minimum atomic E-state index is -0.105. The second-order valence-electron chi connectivity index (χ2n) is 6.01. The van der Waals surface area contributed by atoms with Crippen LogP contribution in [-0.4, -0.2) is 18.4 Å². The van der Waals surface area contributed by atoms with Gasteiger partial charge in [-0.15, -0.1) is 0 Å². The second kappa shape index (κ2) is 8.99. The van der Waals surface area contributed by atoms with Gasteiger partial charge in [0.05, 0.1) is 6.54 Å². The number of amides is 2. The summed E-state index contributed by atoms with van der Waals surface area (Å²) in [6.45, 7) is 5.76. The van der Waals surface area contributed by atoms with Crippen molar-refractivity contribution in [1.29, 1.82) is 0 Å². The number of aryl methyl sites for hydroxylation is 1. The Balaban J connectivity index is 1.89. The standard InChI is InChI=1S/C20H25N3O2/c1-4-16-7-5-9-18(11-16)23-20(25)13-21-14(2)17-8-6-10-19(12-17)22-15(3)24/h5-12,14,21H,4,13H2,1-3H3,(H,22,24)(H,23,25). The number of carbonyl (C=O) groups excluding carboxylic acids is 2. The quantitative estimate of drug-likeness (QED) is 0.723. The Morgan fingerprint density at radius 2 is 1.68 bits per heavy atom. The number of nitrogens with one attached hydrogen (secondary N) is 3. The van der Waals surface area contributed by atoms with Gasteiger partial charge in [-0.3, -0.25) is 9.59 Å². The van der Waals surface area contributed by atoms with Crippen LogP contribution in [0.25, 0.3) is 0 Å². The summed E-state index contributed by atoms with van der Waals surface area (Å²) in [5, 5.41) is 8.87. The zero-order valence-corrected chi connectivity index (χ0v) is 14.9. The third-order valence-corrected chi connectivity index (χ3v) is 3.89. The summed E-state index contributed by atoms with van der Waals surface area (Å²) in [5.74, 6) is -0.190. The van der Waals surface area contributed by atoms with Gasteiger partial charge < -0.3 is 16.0 Å². The lowest BCUT2D eigenvalue weighted by atomic mass is 10.1. The fourth-order valence-electron chi connectivity index (χ4n) is 2.53. The van der Waals surface area contributed by atoms with Crippen molar-refractivity contribution in [2.45, 2.75) is 33.2 Å². The summed E-state index contributed by atoms with van der Waals surface area (Å²) in [6.07, 6.45) is 0.934. The number of rotatable bonds is 7. The van der Waals surface area contributed by atoms with Gasteiger partial charge in [-0.05, 0) is 48.7 Å². The molecule has 1 atom stereocenters. The van der Waals surface area contributed by atoms with Crippen LogP contribution in [0, 0.1) is 0 Å². The van der Waals surface area contributed by atoms with Gasteiger partial charge in [-0.2, -0.15) is 0 Å². The molecule has 0 saturated heterocycles. The summed E-state index contributed by atoms with van der Waals surface area (Å²) in [5.41, 5.74) is 3.76. The molecule has 0 aliphatic carbocycles. The SMILES string of the molecule is CCc1cccc(NC(=O)CNC(C)c2cccc(NC(C)=O)c2)c1. The zero-order chi connectivity index (χ0) is 18.2. The maximum atomic E-state index is 12.1. The fraction of sp³-hybridized carbons (Fsp3) is 0.300. The van der Waals surface area contributed by atoms with Crippen molar-refractivity contribution >= 4 is 23.2 Å². The molecule has 2 rings (SSSR count). The third kappa shape index (κ3) is 6.04. The largest absolute Gasteiger partial charge is 0.326 e. The van der Waals surface area contributed by atoms with Crippen molar-refractivity contribution < 1.29 is 9.59 Å². The molecule has 1 unspecified atom stereocenters. The van der Waals surface area contributed by atoms with E-state index in [1.807, 2.05) is 55.5 Å². The highest BCUT2D eigenvalue weighted by Gasteiger charge is 2.09. The van der Waals surface area contributed by atoms with Gasteiger partial charge in [0.15, 0.2) is 0 Å². The monoisotopic (exact) mass is 339 g/mol. The average Bonchev–Trinajstić information content (AvgIpc) is 2.59. The Morgan fingerprint density at radius 1 is 1.00 bits per heavy atom. The lowest BCUT2D eigenvalue weighted by molar-refractivity contribution is -0.115. The first-order valence-electron chi connectivity index (χ1n) is 8.47. The number of benzene rings is 2. The first-order valence-corrected chi connectivity index (χ1v) is 8.47. The van der Waals surface area contributed by atoms with E-state index >= 15 is 0 Å². The Hall–Kier alpha value is -2.66. The van der Waals surface area contributed by atoms with Gasteiger partial charge in [0.1, 0.15) is 0 Å². The van der Waals surface area contributed by atoms with Crippen molar-refractivity contribution in [2.24, 2.45) is 0 Å². The van der Waals surface area contributed by atoms with Crippen molar-refractivity contribution in [3.8, 4) is 0 Å². The highest BCUT2D eigenvalue weighted by molar-refractivity contribution is 5.92. The van der Waals surface area contributed by atoms with Crippen LogP contribution in [0.15, 0.2) is 48.5 Å². The van der Waals surface area contributed by atoms with E-state index in [1.54, 1.807) is 0 Å². The molecule has 5 heteroatoms. The van der Waals surface area contributed by atoms with E-state index in [9.17, 15) is 9.59 Å². The Morgan fingerprint density at radius 3 is 2.36 bits per heavy atom. The van der Waals surface area contributed by atoms with Gasteiger partial charge in [0.25, 0.3) is 0 Å². The molecule has 0 saturated carbocycles. The van der Waals surface area contributed by atoms with E-state index in [2.05, 4.69) is 22.9 Å². The summed E-state index contributed by atoms with van der Waals surface area (Å²) in [4.78, 5) is 23.3. The predicted octanol–water partition coefficient (Wildman–Crippen LogP) is 3.50. The molecule has 132 valence electrons. The molecule has 0 radical (unpaired) electrons. The Labute approximate surface area is 148 Å². The van der Waals surface area contributed by atoms with Gasteiger partial charge in [-0.1, -0.05) is 31.2 Å². The molecule has 2 aromatic rings. The Kier molecular flexibility index (Phi) is 6.71. The van der Waals surface area contributed by atoms with E-state index in [1.165, 1.54) is 12.5 Å². The van der Waals surface area contributed by atoms with Crippen LogP contribution in [0.4, 0.5) is 11.4 Å². The number of hydrogen-bond acceptors (Lipinski definition) is 3. The molecule has 0 aliphatic rings. The van der Waals surface area contributed by atoms with Gasteiger partial charge in [-0.25, -0.2) is 0 Å². The molecule has 25 heavy (non-hydrogen) atoms. The number of hydrogen-bond donors (Lipinski definition) is 3. The lowest BCUT2D eigenvalue weighted by Crippen LogP contribution is -2.30. The molecule has 0 spiro atoms. The molecule has 5 nitrogen and oxygen atoms in total. The Bertz CT molecular complexity index is 743. The van der Waals surface area contributed by atoms with Gasteiger partial charge >= 0.3 is 0 Å². The lowest BCUT2D eigenvalue weighted by Gasteiger charge is -2.15. The maximum absolute atomic E-state index is 12.1. The van der Waals surface area contributed by atoms with E-state index < -0.39 is 0 Å². The van der Waals surface area contributed by atoms with E-state index in [-0.39, 0.29) is 24.4 Å². The van der Waals surface area contributed by atoms with Crippen LogP contribution >= 0.6 is 0 Å². The molecule has 0 aliphatic heterocycles. The molecule has 2 aromatic carbocycles. The molecule has 2 amide bonds. The second-order valence-corrected chi connectivity index (χ2v) is 6.01. The zero-order valence-electron chi connectivity index (χ0n) is 14.9. The normalized spacial score (nSPS) is 11.6. The summed E-state index contributed by atoms with van der Waals surface area (Å²) in [6, 6.07) is 15.4. The topological polar surface area (TPSA) is 70.2 Å². The van der Waals surface area contributed by atoms with Gasteiger partial charge in [0, 0.05) is 24.3 Å². The molecule has 0 heterocycles. The number of anilines is 2. The summed E-state index contributed by atoms with van der Waals surface area (Å²) in [7, 11) is 0. The van der Waals surface area contributed by atoms with Crippen LogP contribution in [0.5, 0.6) is 0 Å². The van der Waals surface area contributed by atoms with Crippen LogP contribution in [-0.2, 0) is 16.0 Å². The molecule has 0 aromatic heterocycles. The van der Waals surface area contributed by atoms with E-state index in [4.69, 9.17) is 0 Å². The third-order valence-electron chi connectivity index (χ3n) is 3.89. The molecule has 0 bridgehead atoms. The van der Waals surface area contributed by atoms with Crippen LogP contribution in [0.2, 0.25) is 0 Å². The minimum Gasteiger partial charge on any atom is -0.326 e. The molecule has 3 N–H and O–H groups in total. The van der Waals surface area contributed by atoms with Crippen LogP contribution in [0.1, 0.15) is 37.9 Å². The summed E-state index contributed by atoms with van der Waals surface area (Å²) >= 11 is 0. The fourth-order valence-corrected chi connectivity index (χ4v) is 2.53. The minimum absolute atomic E-state index is 0.0126. The van der Waals surface area contributed by atoms with Crippen molar-refractivity contribution in [3.63, 3.8) is 0 Å². The maximum Gasteiger partial charge on any atom is 0.238 e. The smallest absolute Gasteiger partial charge is 0.238 e. The first-order chi connectivity index (χ1) is 12.0. The highest BCUT2D eigenvalue weighted by Crippen LogP contribution is 2.17. The van der Waals surface area contributed by atoms with Crippen LogP contribution in [0.3, 0.4) is 0 Å². The van der Waals surface area contributed by atoms with E-state index in [0.717, 1.165) is 23.4 Å². The first kappa shape index (κ1) is 18.7. The van der Waals surface area contributed by atoms with Gasteiger partial charge in [0.2, 0.25) is 11.8 Å².